The molecule has 2 aromatic rings. The van der Waals surface area contributed by atoms with Gasteiger partial charge in [-0.1, -0.05) is 18.2 Å². The lowest BCUT2D eigenvalue weighted by molar-refractivity contribution is -0.135. The molecule has 2 heterocycles. The maximum absolute atomic E-state index is 12.3. The average Bonchev–Trinajstić information content (AvgIpc) is 2.81. The van der Waals surface area contributed by atoms with Gasteiger partial charge >= 0.3 is 0 Å². The van der Waals surface area contributed by atoms with Crippen molar-refractivity contribution in [3.63, 3.8) is 0 Å². The maximum atomic E-state index is 12.3. The van der Waals surface area contributed by atoms with Crippen LogP contribution in [0.3, 0.4) is 0 Å². The summed E-state index contributed by atoms with van der Waals surface area (Å²) in [4.78, 5) is 14.1. The number of nitrogens with zero attached hydrogens (tertiary/aromatic N) is 1. The first-order valence-electron chi connectivity index (χ1n) is 6.18. The lowest BCUT2D eigenvalue weighted by Gasteiger charge is -2.27. The van der Waals surface area contributed by atoms with Crippen LogP contribution < -0.4 is 0 Å². The third-order valence-corrected chi connectivity index (χ3v) is 3.22. The van der Waals surface area contributed by atoms with Crippen molar-refractivity contribution in [3.8, 4) is 0 Å². The highest BCUT2D eigenvalue weighted by molar-refractivity contribution is 5.96. The Balaban J connectivity index is 1.87. The molecule has 1 aliphatic heterocycles. The highest BCUT2D eigenvalue weighted by Gasteiger charge is 2.27. The zero-order valence-corrected chi connectivity index (χ0v) is 10.3. The summed E-state index contributed by atoms with van der Waals surface area (Å²) in [5.74, 6) is 0.387. The van der Waals surface area contributed by atoms with E-state index in [9.17, 15) is 4.79 Å². The smallest absolute Gasteiger partial charge is 0.290 e. The molecule has 0 unspecified atom stereocenters. The minimum atomic E-state index is -0.0343. The van der Waals surface area contributed by atoms with Gasteiger partial charge in [0.25, 0.3) is 5.91 Å². The molecule has 1 fully saturated rings. The molecule has 0 saturated carbocycles. The average molecular weight is 246 g/mol. The van der Waals surface area contributed by atoms with Crippen LogP contribution in [0.15, 0.2) is 34.7 Å². The summed E-state index contributed by atoms with van der Waals surface area (Å²) in [6.45, 7) is 4.10. The van der Waals surface area contributed by atoms with E-state index >= 15 is 0 Å². The molecule has 3 rings (SSSR count). The monoisotopic (exact) mass is 246 g/mol. The van der Waals surface area contributed by atoms with Crippen molar-refractivity contribution in [2.24, 2.45) is 0 Å². The fraction of sp³-hybridized carbons (Fsp3) is 0.357. The van der Waals surface area contributed by atoms with Gasteiger partial charge in [0.2, 0.25) is 0 Å². The number of amides is 1. The first-order valence-corrected chi connectivity index (χ1v) is 6.18. The van der Waals surface area contributed by atoms with Crippen molar-refractivity contribution in [1.29, 1.82) is 0 Å². The zero-order valence-electron chi connectivity index (χ0n) is 10.3. The summed E-state index contributed by atoms with van der Waals surface area (Å²) >= 11 is 0. The standard InChI is InChI=1S/C14H15NO3/c1-10-9-15(6-7-17-10)14(16)13-8-11-4-2-3-5-12(11)18-13/h2-5,8,10H,6-7,9H2,1H3/p+1/t10-/m1/s1. The normalized spacial score (nSPS) is 20.3. The Bertz CT molecular complexity index is 542. The number of fused-ring (bicyclic) bond motifs is 1. The molecular weight excluding hydrogens is 230 g/mol. The van der Waals surface area contributed by atoms with Gasteiger partial charge in [-0.25, -0.2) is 0 Å². The Morgan fingerprint density at radius 2 is 2.28 bits per heavy atom. The van der Waals surface area contributed by atoms with Crippen molar-refractivity contribution in [2.75, 3.05) is 19.7 Å². The second-order valence-electron chi connectivity index (χ2n) is 4.65. The van der Waals surface area contributed by atoms with E-state index in [1.807, 2.05) is 42.2 Å². The topological polar surface area (TPSA) is 46.2 Å². The first-order chi connectivity index (χ1) is 8.74. The van der Waals surface area contributed by atoms with Crippen LogP contribution in [0.2, 0.25) is 0 Å². The van der Waals surface area contributed by atoms with Gasteiger partial charge in [0.05, 0.1) is 13.1 Å². The molecule has 0 bridgehead atoms. The Labute approximate surface area is 105 Å². The van der Waals surface area contributed by atoms with Gasteiger partial charge in [0, 0.05) is 12.3 Å². The molecule has 1 amide bonds. The van der Waals surface area contributed by atoms with E-state index in [4.69, 9.17) is 4.42 Å². The number of hydrogen-bond acceptors (Lipinski definition) is 2. The molecule has 1 aromatic heterocycles. The van der Waals surface area contributed by atoms with Gasteiger partial charge in [-0.05, 0) is 12.1 Å². The lowest BCUT2D eigenvalue weighted by Crippen LogP contribution is -2.46. The van der Waals surface area contributed by atoms with Gasteiger partial charge in [-0.15, -0.1) is 0 Å². The molecule has 1 N–H and O–H groups in total. The summed E-state index contributed by atoms with van der Waals surface area (Å²) < 4.78 is 9.97. The summed E-state index contributed by atoms with van der Waals surface area (Å²) in [5.41, 5.74) is 0.760. The molecular formula is C14H16NO3+. The number of carbonyl (C=O) groups excluding carboxylic acids is 1. The number of benzene rings is 1. The van der Waals surface area contributed by atoms with Crippen LogP contribution in [0.4, 0.5) is 0 Å². The number of para-hydroxylation sites is 1. The Morgan fingerprint density at radius 1 is 1.44 bits per heavy atom. The highest BCUT2D eigenvalue weighted by Crippen LogP contribution is 2.20. The first kappa shape index (κ1) is 11.3. The summed E-state index contributed by atoms with van der Waals surface area (Å²) in [6.07, 6.45) is 0.215. The predicted octanol–water partition coefficient (Wildman–Crippen LogP) is 1.81. The number of rotatable bonds is 1. The number of morpholine rings is 1. The SMILES string of the molecule is C[C@@H]1CN(C(=O)c2cc3ccccc3o2)CC[OH+]1. The van der Waals surface area contributed by atoms with Crippen molar-refractivity contribution in [1.82, 2.24) is 4.90 Å². The number of ether oxygens (including phenoxy) is 1. The molecule has 94 valence electrons. The molecule has 0 radical (unpaired) electrons. The van der Waals surface area contributed by atoms with Gasteiger partial charge < -0.3 is 14.1 Å². The van der Waals surface area contributed by atoms with E-state index < -0.39 is 0 Å². The second-order valence-corrected chi connectivity index (χ2v) is 4.65. The van der Waals surface area contributed by atoms with Gasteiger partial charge in [0.15, 0.2) is 18.5 Å². The van der Waals surface area contributed by atoms with Crippen LogP contribution in [-0.2, 0) is 0 Å². The van der Waals surface area contributed by atoms with Crippen LogP contribution in [0, 0.1) is 0 Å². The second kappa shape index (κ2) is 4.46. The van der Waals surface area contributed by atoms with Crippen LogP contribution in [-0.4, -0.2) is 41.3 Å². The number of aliphatic hydroxyl groups is 2. The predicted molar refractivity (Wildman–Crippen MR) is 68.7 cm³/mol. The minimum Gasteiger partial charge on any atom is -0.451 e. The van der Waals surface area contributed by atoms with E-state index in [2.05, 4.69) is 4.74 Å². The largest absolute Gasteiger partial charge is 0.451 e. The molecule has 1 atom stereocenters. The van der Waals surface area contributed by atoms with E-state index in [1.165, 1.54) is 0 Å². The van der Waals surface area contributed by atoms with E-state index in [0.717, 1.165) is 11.0 Å². The molecule has 4 heteroatoms. The Hall–Kier alpha value is -1.81. The Morgan fingerprint density at radius 3 is 3.06 bits per heavy atom. The van der Waals surface area contributed by atoms with E-state index in [-0.39, 0.29) is 12.0 Å². The van der Waals surface area contributed by atoms with Crippen LogP contribution in [0.5, 0.6) is 0 Å². The van der Waals surface area contributed by atoms with Crippen molar-refractivity contribution >= 4 is 16.9 Å². The molecule has 0 aliphatic carbocycles. The third-order valence-electron chi connectivity index (χ3n) is 3.22. The maximum Gasteiger partial charge on any atom is 0.290 e. The summed E-state index contributed by atoms with van der Waals surface area (Å²) in [7, 11) is 0. The molecule has 1 saturated heterocycles. The molecule has 4 nitrogen and oxygen atoms in total. The fourth-order valence-corrected chi connectivity index (χ4v) is 2.29. The third kappa shape index (κ3) is 1.99. The van der Waals surface area contributed by atoms with E-state index in [1.54, 1.807) is 0 Å². The van der Waals surface area contributed by atoms with Gasteiger partial charge in [0.1, 0.15) is 5.58 Å². The lowest BCUT2D eigenvalue weighted by atomic mass is 10.2. The number of furan rings is 1. The van der Waals surface area contributed by atoms with Crippen molar-refractivity contribution in [2.45, 2.75) is 13.0 Å². The van der Waals surface area contributed by atoms with Gasteiger partial charge in [-0.3, -0.25) is 4.79 Å². The van der Waals surface area contributed by atoms with Crippen molar-refractivity contribution in [3.05, 3.63) is 36.1 Å². The quantitative estimate of drug-likeness (QED) is 0.720. The highest BCUT2D eigenvalue weighted by atomic mass is 16.5. The zero-order chi connectivity index (χ0) is 12.5. The molecule has 0 spiro atoms. The minimum absolute atomic E-state index is 0.0343. The van der Waals surface area contributed by atoms with Crippen molar-refractivity contribution < 1.29 is 13.9 Å². The number of carbonyl (C=O) groups is 1. The molecule has 1 aliphatic rings. The van der Waals surface area contributed by atoms with Crippen LogP contribution in [0.25, 0.3) is 11.0 Å². The Kier molecular flexibility index (Phi) is 2.80. The summed E-state index contributed by atoms with van der Waals surface area (Å²) in [5, 5.41) is 0.968. The van der Waals surface area contributed by atoms with Gasteiger partial charge in [-0.2, -0.15) is 0 Å². The molecule has 1 aromatic carbocycles. The van der Waals surface area contributed by atoms with Crippen LogP contribution >= 0.6 is 0 Å². The van der Waals surface area contributed by atoms with E-state index in [0.29, 0.717) is 25.5 Å². The van der Waals surface area contributed by atoms with Crippen LogP contribution in [0.1, 0.15) is 17.5 Å². The molecule has 18 heavy (non-hydrogen) atoms. The summed E-state index contributed by atoms with van der Waals surface area (Å²) in [6, 6.07) is 9.48. The number of hydrogen-bond donors (Lipinski definition) is 0. The fourth-order valence-electron chi connectivity index (χ4n) is 2.29.